The van der Waals surface area contributed by atoms with E-state index in [1.807, 2.05) is 33.0 Å². The number of nitrogens with zero attached hydrogens (tertiary/aromatic N) is 2. The molecular formula is C15H30N2O2. The average Bonchev–Trinajstić information content (AvgIpc) is 2.22. The molecule has 0 N–H and O–H groups in total. The van der Waals surface area contributed by atoms with Gasteiger partial charge >= 0.3 is 0 Å². The fourth-order valence-electron chi connectivity index (χ4n) is 2.66. The maximum Gasteiger partial charge on any atom is 0.163 e. The number of ether oxygens (including phenoxy) is 2. The summed E-state index contributed by atoms with van der Waals surface area (Å²) in [7, 11) is 3.91. The topological polar surface area (TPSA) is 34.1 Å². The molecule has 1 aliphatic heterocycles. The van der Waals surface area contributed by atoms with E-state index < -0.39 is 5.79 Å². The molecule has 1 heterocycles. The van der Waals surface area contributed by atoms with Crippen molar-refractivity contribution in [3.8, 4) is 0 Å². The first kappa shape index (κ1) is 16.4. The van der Waals surface area contributed by atoms with Gasteiger partial charge in [-0.15, -0.1) is 0 Å². The summed E-state index contributed by atoms with van der Waals surface area (Å²) in [4.78, 5) is 0. The van der Waals surface area contributed by atoms with Crippen molar-refractivity contribution in [3.05, 3.63) is 0 Å². The van der Waals surface area contributed by atoms with Crippen LogP contribution in [0.4, 0.5) is 0 Å². The van der Waals surface area contributed by atoms with Crippen LogP contribution in [0, 0.1) is 5.92 Å². The largest absolute Gasteiger partial charge is 0.347 e. The third kappa shape index (κ3) is 5.91. The van der Waals surface area contributed by atoms with Crippen LogP contribution in [-0.4, -0.2) is 42.8 Å². The highest BCUT2D eigenvalue weighted by atomic mass is 16.7. The van der Waals surface area contributed by atoms with Crippen LogP contribution < -0.4 is 0 Å². The van der Waals surface area contributed by atoms with Gasteiger partial charge in [0.25, 0.3) is 0 Å². The molecule has 0 aromatic heterocycles. The zero-order valence-electron chi connectivity index (χ0n) is 13.6. The molecular weight excluding hydrogens is 240 g/mol. The fourth-order valence-corrected chi connectivity index (χ4v) is 2.66. The standard InChI is InChI=1S/C15H30N2O2/c1-11(8-9-12(2)16-17(6)7)14-10-13(3)18-15(4,5)19-14/h11,13-14H,8-10H2,1-7H3/b16-12+/t11-,13+,14-/m0/s1. The van der Waals surface area contributed by atoms with Gasteiger partial charge in [0.15, 0.2) is 5.79 Å². The molecule has 4 nitrogen and oxygen atoms in total. The molecule has 1 fully saturated rings. The summed E-state index contributed by atoms with van der Waals surface area (Å²) in [6.07, 6.45) is 3.67. The van der Waals surface area contributed by atoms with Crippen molar-refractivity contribution in [1.29, 1.82) is 0 Å². The molecule has 1 rings (SSSR count). The second-order valence-corrected chi connectivity index (χ2v) is 6.42. The number of hydrazone groups is 1. The average molecular weight is 270 g/mol. The zero-order valence-corrected chi connectivity index (χ0v) is 13.6. The van der Waals surface area contributed by atoms with Crippen molar-refractivity contribution in [1.82, 2.24) is 5.01 Å². The number of rotatable bonds is 5. The van der Waals surface area contributed by atoms with Gasteiger partial charge in [-0.25, -0.2) is 0 Å². The highest BCUT2D eigenvalue weighted by Gasteiger charge is 2.35. The van der Waals surface area contributed by atoms with Crippen molar-refractivity contribution in [2.45, 2.75) is 71.9 Å². The Bertz CT molecular complexity index is 313. The third-order valence-corrected chi connectivity index (χ3v) is 3.45. The van der Waals surface area contributed by atoms with E-state index >= 15 is 0 Å². The van der Waals surface area contributed by atoms with E-state index in [1.165, 1.54) is 5.71 Å². The van der Waals surface area contributed by atoms with E-state index in [2.05, 4.69) is 25.9 Å². The summed E-state index contributed by atoms with van der Waals surface area (Å²) in [5, 5.41) is 6.28. The van der Waals surface area contributed by atoms with Crippen LogP contribution in [0.2, 0.25) is 0 Å². The molecule has 0 saturated carbocycles. The molecule has 4 heteroatoms. The second kappa shape index (κ2) is 6.71. The highest BCUT2D eigenvalue weighted by molar-refractivity contribution is 5.81. The minimum atomic E-state index is -0.455. The molecule has 0 amide bonds. The van der Waals surface area contributed by atoms with Gasteiger partial charge in [-0.2, -0.15) is 5.10 Å². The lowest BCUT2D eigenvalue weighted by molar-refractivity contribution is -0.303. The number of hydrogen-bond acceptors (Lipinski definition) is 4. The van der Waals surface area contributed by atoms with Crippen molar-refractivity contribution in [2.75, 3.05) is 14.1 Å². The normalized spacial score (nSPS) is 29.1. The Morgan fingerprint density at radius 1 is 1.37 bits per heavy atom. The van der Waals surface area contributed by atoms with Gasteiger partial charge in [-0.05, 0) is 46.5 Å². The van der Waals surface area contributed by atoms with Crippen molar-refractivity contribution in [3.63, 3.8) is 0 Å². The minimum Gasteiger partial charge on any atom is -0.347 e. The maximum atomic E-state index is 6.05. The Balaban J connectivity index is 2.47. The Kier molecular flexibility index (Phi) is 5.81. The predicted molar refractivity (Wildman–Crippen MR) is 79.3 cm³/mol. The van der Waals surface area contributed by atoms with Crippen LogP contribution in [0.25, 0.3) is 0 Å². The predicted octanol–water partition coefficient (Wildman–Crippen LogP) is 3.27. The third-order valence-electron chi connectivity index (χ3n) is 3.45. The van der Waals surface area contributed by atoms with Gasteiger partial charge < -0.3 is 14.5 Å². The van der Waals surface area contributed by atoms with Crippen LogP contribution in [0.15, 0.2) is 5.10 Å². The van der Waals surface area contributed by atoms with Crippen molar-refractivity contribution in [2.24, 2.45) is 11.0 Å². The molecule has 3 atom stereocenters. The molecule has 1 saturated heterocycles. The highest BCUT2D eigenvalue weighted by Crippen LogP contribution is 2.31. The second-order valence-electron chi connectivity index (χ2n) is 6.42. The first-order valence-corrected chi connectivity index (χ1v) is 7.26. The van der Waals surface area contributed by atoms with E-state index in [9.17, 15) is 0 Å². The van der Waals surface area contributed by atoms with Crippen LogP contribution in [0.5, 0.6) is 0 Å². The maximum absolute atomic E-state index is 6.05. The summed E-state index contributed by atoms with van der Waals surface area (Å²) in [5.74, 6) is 0.0709. The zero-order chi connectivity index (χ0) is 14.6. The van der Waals surface area contributed by atoms with Crippen LogP contribution in [0.3, 0.4) is 0 Å². The van der Waals surface area contributed by atoms with E-state index in [-0.39, 0.29) is 12.2 Å². The summed E-state index contributed by atoms with van der Waals surface area (Å²) in [6.45, 7) is 10.5. The van der Waals surface area contributed by atoms with E-state index in [4.69, 9.17) is 9.47 Å². The first-order chi connectivity index (χ1) is 8.69. The quantitative estimate of drug-likeness (QED) is 0.568. The lowest BCUT2D eigenvalue weighted by atomic mass is 9.92. The van der Waals surface area contributed by atoms with E-state index in [0.29, 0.717) is 5.92 Å². The van der Waals surface area contributed by atoms with Gasteiger partial charge in [0, 0.05) is 26.2 Å². The molecule has 1 aliphatic rings. The first-order valence-electron chi connectivity index (χ1n) is 7.26. The van der Waals surface area contributed by atoms with Gasteiger partial charge in [0.05, 0.1) is 12.2 Å². The van der Waals surface area contributed by atoms with Crippen molar-refractivity contribution < 1.29 is 9.47 Å². The molecule has 0 aromatic carbocycles. The van der Waals surface area contributed by atoms with Crippen LogP contribution >= 0.6 is 0 Å². The molecule has 0 unspecified atom stereocenters. The van der Waals surface area contributed by atoms with Gasteiger partial charge in [-0.1, -0.05) is 6.92 Å². The van der Waals surface area contributed by atoms with Gasteiger partial charge in [0.1, 0.15) is 0 Å². The summed E-state index contributed by atoms with van der Waals surface area (Å²) >= 11 is 0. The Morgan fingerprint density at radius 3 is 2.53 bits per heavy atom. The fraction of sp³-hybridized carbons (Fsp3) is 0.933. The van der Waals surface area contributed by atoms with Gasteiger partial charge in [-0.3, -0.25) is 0 Å². The Labute approximate surface area is 118 Å². The van der Waals surface area contributed by atoms with Crippen LogP contribution in [0.1, 0.15) is 53.9 Å². The lowest BCUT2D eigenvalue weighted by Gasteiger charge is -2.42. The smallest absolute Gasteiger partial charge is 0.163 e. The molecule has 112 valence electrons. The summed E-state index contributed by atoms with van der Waals surface area (Å²) in [5.41, 5.74) is 1.18. The van der Waals surface area contributed by atoms with E-state index in [0.717, 1.165) is 19.3 Å². The summed E-state index contributed by atoms with van der Waals surface area (Å²) < 4.78 is 11.8. The Hall–Kier alpha value is -0.610. The van der Waals surface area contributed by atoms with Crippen LogP contribution in [-0.2, 0) is 9.47 Å². The molecule has 0 spiro atoms. The molecule has 0 bridgehead atoms. The van der Waals surface area contributed by atoms with Crippen molar-refractivity contribution >= 4 is 5.71 Å². The SMILES string of the molecule is C/C(CC[C@H](C)[C@@H]1C[C@@H](C)OC(C)(C)O1)=N\N(C)C. The van der Waals surface area contributed by atoms with Gasteiger partial charge in [0.2, 0.25) is 0 Å². The van der Waals surface area contributed by atoms with E-state index in [1.54, 1.807) is 0 Å². The molecule has 0 radical (unpaired) electrons. The Morgan fingerprint density at radius 2 is 2.00 bits per heavy atom. The minimum absolute atomic E-state index is 0.271. The lowest BCUT2D eigenvalue weighted by Crippen LogP contribution is -2.45. The summed E-state index contributed by atoms with van der Waals surface area (Å²) in [6, 6.07) is 0. The number of hydrogen-bond donors (Lipinski definition) is 0. The monoisotopic (exact) mass is 270 g/mol. The molecule has 19 heavy (non-hydrogen) atoms. The molecule has 0 aromatic rings. The molecule has 0 aliphatic carbocycles.